The van der Waals surface area contributed by atoms with Gasteiger partial charge in [-0.2, -0.15) is 0 Å². The van der Waals surface area contributed by atoms with Gasteiger partial charge in [-0.05, 0) is 102 Å². The molecule has 0 spiro atoms. The average Bonchev–Trinajstić information content (AvgIpc) is 3.09. The number of para-hydroxylation sites is 1. The lowest BCUT2D eigenvalue weighted by molar-refractivity contribution is -0.120. The Morgan fingerprint density at radius 3 is 2.29 bits per heavy atom. The van der Waals surface area contributed by atoms with Crippen LogP contribution in [0.25, 0.3) is 0 Å². The summed E-state index contributed by atoms with van der Waals surface area (Å²) in [6.07, 6.45) is 11.7. The van der Waals surface area contributed by atoms with Crippen molar-refractivity contribution in [3.8, 4) is 11.5 Å². The van der Waals surface area contributed by atoms with Crippen LogP contribution >= 0.6 is 0 Å². The molecule has 0 radical (unpaired) electrons. The molecule has 8 nitrogen and oxygen atoms in total. The SMILES string of the molecule is C/C=C/CN(C)C1COC1.CC/C(C)=C/N=C(C)/C(C(=N)c1ccc(Oc2ccccc2)cc1)=C(\C)N.CCC(C)C1CCCN(C=O)C1. The van der Waals surface area contributed by atoms with Gasteiger partial charge in [-0.1, -0.05) is 63.1 Å². The van der Waals surface area contributed by atoms with Crippen LogP contribution in [0.3, 0.4) is 0 Å². The Balaban J connectivity index is 0.000000309. The Bertz CT molecular complexity index is 1390. The van der Waals surface area contributed by atoms with E-state index in [1.54, 1.807) is 6.92 Å². The van der Waals surface area contributed by atoms with Gasteiger partial charge >= 0.3 is 0 Å². The standard InChI is InChI=1S/C23H27N3O.C10H19NO.C8H15NO/c1-5-16(2)15-26-18(4)22(17(3)24)23(25)19-11-13-21(14-12-19)27-20-9-7-6-8-10-20;1-3-9(2)10-5-4-6-11(7-10)8-12;1-3-4-5-9(2)8-6-10-7-8/h6-15,25H,5,24H2,1-4H3;8-10H,3-7H2,1-2H3;3-4,8H,5-7H2,1-2H3/b16-15+,22-17-,25-23?,26-18+;;4-3+. The van der Waals surface area contributed by atoms with Crippen LogP contribution in [0.15, 0.2) is 94.8 Å². The Morgan fingerprint density at radius 2 is 1.76 bits per heavy atom. The van der Waals surface area contributed by atoms with Gasteiger partial charge in [0.2, 0.25) is 6.41 Å². The van der Waals surface area contributed by atoms with E-state index < -0.39 is 0 Å². The maximum Gasteiger partial charge on any atom is 0.209 e. The molecule has 2 aromatic carbocycles. The first-order valence-corrected chi connectivity index (χ1v) is 17.7. The third-order valence-corrected chi connectivity index (χ3v) is 9.12. The Kier molecular flexibility index (Phi) is 19.0. The number of likely N-dealkylation sites (N-methyl/N-ethyl adjacent to an activating group) is 1. The summed E-state index contributed by atoms with van der Waals surface area (Å²) in [6.45, 7) is 19.2. The molecule has 0 bridgehead atoms. The zero-order valence-electron chi connectivity index (χ0n) is 31.2. The smallest absolute Gasteiger partial charge is 0.209 e. The molecule has 4 rings (SSSR count). The molecule has 268 valence electrons. The van der Waals surface area contributed by atoms with Crippen molar-refractivity contribution in [1.29, 1.82) is 5.41 Å². The summed E-state index contributed by atoms with van der Waals surface area (Å²) in [5, 5.41) is 8.59. The highest BCUT2D eigenvalue weighted by molar-refractivity contribution is 6.28. The second-order valence-electron chi connectivity index (χ2n) is 13.0. The van der Waals surface area contributed by atoms with E-state index in [1.807, 2.05) is 86.5 Å². The highest BCUT2D eigenvalue weighted by Crippen LogP contribution is 2.25. The fourth-order valence-electron chi connectivity index (χ4n) is 5.32. The summed E-state index contributed by atoms with van der Waals surface area (Å²) in [4.78, 5) is 19.3. The van der Waals surface area contributed by atoms with Gasteiger partial charge in [-0.15, -0.1) is 0 Å². The van der Waals surface area contributed by atoms with Crippen LogP contribution < -0.4 is 10.5 Å². The molecule has 1 amide bonds. The molecule has 3 N–H and O–H groups in total. The van der Waals surface area contributed by atoms with Crippen LogP contribution in [0.1, 0.15) is 79.7 Å². The second kappa shape index (κ2) is 22.6. The van der Waals surface area contributed by atoms with Gasteiger partial charge in [0, 0.05) is 48.4 Å². The molecule has 2 aliphatic rings. The summed E-state index contributed by atoms with van der Waals surface area (Å²) in [7, 11) is 2.13. The third kappa shape index (κ3) is 14.6. The number of benzene rings is 2. The van der Waals surface area contributed by atoms with E-state index in [9.17, 15) is 4.79 Å². The largest absolute Gasteiger partial charge is 0.457 e. The van der Waals surface area contributed by atoms with Gasteiger partial charge in [0.15, 0.2) is 0 Å². The monoisotopic (exact) mass is 671 g/mol. The van der Waals surface area contributed by atoms with E-state index in [4.69, 9.17) is 20.6 Å². The first kappa shape index (κ1) is 41.2. The molecule has 8 heteroatoms. The fraction of sp³-hybridized carbons (Fsp3) is 0.488. The number of nitrogens with one attached hydrogen (secondary N) is 1. The summed E-state index contributed by atoms with van der Waals surface area (Å²) in [5.74, 6) is 3.01. The fourth-order valence-corrected chi connectivity index (χ4v) is 5.32. The van der Waals surface area contributed by atoms with Crippen LogP contribution in [-0.4, -0.2) is 73.6 Å². The maximum absolute atomic E-state index is 10.5. The van der Waals surface area contributed by atoms with E-state index in [-0.39, 0.29) is 0 Å². The molecule has 2 aliphatic heterocycles. The summed E-state index contributed by atoms with van der Waals surface area (Å²) in [5.41, 5.74) is 10.3. The number of hydrogen-bond acceptors (Lipinski definition) is 7. The van der Waals surface area contributed by atoms with Crippen molar-refractivity contribution in [2.24, 2.45) is 22.6 Å². The normalized spacial score (nSPS) is 18.0. The number of aliphatic imine (C=N–C) groups is 1. The molecule has 0 saturated carbocycles. The van der Waals surface area contributed by atoms with Gasteiger partial charge in [-0.3, -0.25) is 20.1 Å². The quantitative estimate of drug-likeness (QED) is 0.126. The van der Waals surface area contributed by atoms with Gasteiger partial charge < -0.3 is 20.1 Å². The van der Waals surface area contributed by atoms with Crippen molar-refractivity contribution in [2.75, 3.05) is 39.9 Å². The number of nitrogens with two attached hydrogens (primary N) is 1. The van der Waals surface area contributed by atoms with E-state index in [0.717, 1.165) is 80.3 Å². The first-order valence-electron chi connectivity index (χ1n) is 17.7. The van der Waals surface area contributed by atoms with Crippen LogP contribution in [0, 0.1) is 17.2 Å². The first-order chi connectivity index (χ1) is 23.5. The lowest BCUT2D eigenvalue weighted by atomic mass is 9.85. The number of rotatable bonds is 13. The number of likely N-dealkylation sites (tertiary alicyclic amines) is 1. The summed E-state index contributed by atoms with van der Waals surface area (Å²) in [6, 6.07) is 17.7. The summed E-state index contributed by atoms with van der Waals surface area (Å²) >= 11 is 0. The molecular formula is C41H61N5O3. The number of ether oxygens (including phenoxy) is 2. The molecular weight excluding hydrogens is 610 g/mol. The van der Waals surface area contributed by atoms with Crippen molar-refractivity contribution < 1.29 is 14.3 Å². The maximum atomic E-state index is 10.5. The molecule has 2 saturated heterocycles. The van der Waals surface area contributed by atoms with Crippen molar-refractivity contribution in [3.05, 3.63) is 95.4 Å². The lowest BCUT2D eigenvalue weighted by Gasteiger charge is -2.33. The zero-order chi connectivity index (χ0) is 36.2. The van der Waals surface area contributed by atoms with E-state index in [1.165, 1.54) is 24.8 Å². The van der Waals surface area contributed by atoms with Crippen LogP contribution in [0.5, 0.6) is 11.5 Å². The Hall–Kier alpha value is -4.01. The molecule has 2 atom stereocenters. The minimum absolute atomic E-state index is 0.352. The Morgan fingerprint density at radius 1 is 1.10 bits per heavy atom. The predicted octanol–water partition coefficient (Wildman–Crippen LogP) is 8.65. The highest BCUT2D eigenvalue weighted by Gasteiger charge is 2.23. The second-order valence-corrected chi connectivity index (χ2v) is 13.0. The number of allylic oxidation sites excluding steroid dienone is 4. The third-order valence-electron chi connectivity index (χ3n) is 9.12. The topological polar surface area (TPSA) is 104 Å². The molecule has 49 heavy (non-hydrogen) atoms. The molecule has 2 aromatic rings. The van der Waals surface area contributed by atoms with Crippen molar-refractivity contribution in [3.63, 3.8) is 0 Å². The Labute approximate surface area is 296 Å². The lowest BCUT2D eigenvalue weighted by Crippen LogP contribution is -2.46. The molecule has 2 heterocycles. The number of amides is 1. The minimum Gasteiger partial charge on any atom is -0.457 e. The number of piperidine rings is 1. The number of carbonyl (C=O) groups is 1. The van der Waals surface area contributed by atoms with E-state index >= 15 is 0 Å². The molecule has 0 aromatic heterocycles. The molecule has 2 fully saturated rings. The van der Waals surface area contributed by atoms with Gasteiger partial charge in [0.05, 0.1) is 25.0 Å². The number of carbonyl (C=O) groups excluding carboxylic acids is 1. The minimum atomic E-state index is 0.352. The zero-order valence-corrected chi connectivity index (χ0v) is 31.2. The van der Waals surface area contributed by atoms with Gasteiger partial charge in [0.25, 0.3) is 0 Å². The van der Waals surface area contributed by atoms with Gasteiger partial charge in [0.1, 0.15) is 11.5 Å². The number of hydrogen-bond donors (Lipinski definition) is 2. The average molecular weight is 672 g/mol. The van der Waals surface area contributed by atoms with Crippen LogP contribution in [0.2, 0.25) is 0 Å². The van der Waals surface area contributed by atoms with Crippen molar-refractivity contribution in [2.45, 2.75) is 80.2 Å². The number of nitrogens with zero attached hydrogens (tertiary/aromatic N) is 3. The van der Waals surface area contributed by atoms with Crippen molar-refractivity contribution in [1.82, 2.24) is 9.80 Å². The van der Waals surface area contributed by atoms with E-state index in [2.05, 4.69) is 49.9 Å². The summed E-state index contributed by atoms with van der Waals surface area (Å²) < 4.78 is 10.9. The highest BCUT2D eigenvalue weighted by atomic mass is 16.5. The predicted molar refractivity (Wildman–Crippen MR) is 206 cm³/mol. The van der Waals surface area contributed by atoms with Crippen molar-refractivity contribution >= 4 is 17.8 Å². The molecule has 0 aliphatic carbocycles. The van der Waals surface area contributed by atoms with E-state index in [0.29, 0.717) is 23.0 Å². The van der Waals surface area contributed by atoms with Crippen LogP contribution in [-0.2, 0) is 9.53 Å². The molecule has 2 unspecified atom stereocenters. The van der Waals surface area contributed by atoms with Crippen LogP contribution in [0.4, 0.5) is 0 Å². The van der Waals surface area contributed by atoms with Gasteiger partial charge in [-0.25, -0.2) is 0 Å².